The van der Waals surface area contributed by atoms with E-state index in [0.717, 1.165) is 10.9 Å². The first-order valence-electron chi connectivity index (χ1n) is 5.96. The molecule has 2 heterocycles. The summed E-state index contributed by atoms with van der Waals surface area (Å²) >= 11 is 0. The summed E-state index contributed by atoms with van der Waals surface area (Å²) in [6.45, 7) is 0. The van der Waals surface area contributed by atoms with Gasteiger partial charge in [0.15, 0.2) is 0 Å². The first kappa shape index (κ1) is 13.8. The van der Waals surface area contributed by atoms with E-state index in [1.165, 1.54) is 18.3 Å². The molecular formula is C14H9ClN2O3S. The van der Waals surface area contributed by atoms with E-state index in [0.29, 0.717) is 5.75 Å². The molecule has 0 unspecified atom stereocenters. The molecule has 3 aromatic rings. The maximum absolute atomic E-state index is 11.5. The van der Waals surface area contributed by atoms with E-state index in [1.807, 2.05) is 18.2 Å². The average Bonchev–Trinajstić information content (AvgIpc) is 2.46. The SMILES string of the molecule is O=S(=O)(Cl)c1cccnc1Oc1ccc2cccnc2c1. The lowest BCUT2D eigenvalue weighted by Crippen LogP contribution is -1.97. The maximum Gasteiger partial charge on any atom is 0.266 e. The summed E-state index contributed by atoms with van der Waals surface area (Å²) in [5.74, 6) is 0.365. The van der Waals surface area contributed by atoms with Gasteiger partial charge in [-0.2, -0.15) is 0 Å². The molecule has 0 spiro atoms. The fourth-order valence-corrected chi connectivity index (χ4v) is 2.76. The molecule has 0 radical (unpaired) electrons. The minimum absolute atomic E-state index is 0.0669. The van der Waals surface area contributed by atoms with Gasteiger partial charge in [-0.3, -0.25) is 4.98 Å². The molecule has 106 valence electrons. The van der Waals surface area contributed by atoms with Crippen molar-refractivity contribution in [3.63, 3.8) is 0 Å². The third kappa shape index (κ3) is 2.96. The number of pyridine rings is 2. The van der Waals surface area contributed by atoms with Crippen molar-refractivity contribution >= 4 is 30.6 Å². The molecule has 0 amide bonds. The molecule has 0 aliphatic rings. The van der Waals surface area contributed by atoms with Crippen molar-refractivity contribution in [1.29, 1.82) is 0 Å². The maximum atomic E-state index is 11.5. The van der Waals surface area contributed by atoms with Gasteiger partial charge in [-0.15, -0.1) is 0 Å². The van der Waals surface area contributed by atoms with Gasteiger partial charge in [0.2, 0.25) is 5.88 Å². The topological polar surface area (TPSA) is 69.2 Å². The molecule has 3 rings (SSSR count). The highest BCUT2D eigenvalue weighted by Gasteiger charge is 2.18. The second-order valence-electron chi connectivity index (χ2n) is 4.20. The molecular weight excluding hydrogens is 312 g/mol. The minimum Gasteiger partial charge on any atom is -0.438 e. The van der Waals surface area contributed by atoms with Crippen LogP contribution >= 0.6 is 10.7 Å². The Hall–Kier alpha value is -2.18. The lowest BCUT2D eigenvalue weighted by molar-refractivity contribution is 0.448. The Morgan fingerprint density at radius 2 is 1.76 bits per heavy atom. The van der Waals surface area contributed by atoms with Crippen molar-refractivity contribution in [3.05, 3.63) is 54.9 Å². The third-order valence-electron chi connectivity index (χ3n) is 2.79. The Labute approximate surface area is 125 Å². The quantitative estimate of drug-likeness (QED) is 0.692. The zero-order chi connectivity index (χ0) is 14.9. The fourth-order valence-electron chi connectivity index (χ4n) is 1.86. The van der Waals surface area contributed by atoms with Crippen molar-refractivity contribution in [3.8, 4) is 11.6 Å². The Morgan fingerprint density at radius 3 is 2.57 bits per heavy atom. The number of aromatic nitrogens is 2. The number of halogens is 1. The van der Waals surface area contributed by atoms with Crippen LogP contribution in [0.1, 0.15) is 0 Å². The van der Waals surface area contributed by atoms with E-state index in [4.69, 9.17) is 15.4 Å². The van der Waals surface area contributed by atoms with Crippen LogP contribution in [0, 0.1) is 0 Å². The van der Waals surface area contributed by atoms with Crippen molar-refractivity contribution < 1.29 is 13.2 Å². The van der Waals surface area contributed by atoms with E-state index in [2.05, 4.69) is 9.97 Å². The first-order chi connectivity index (χ1) is 10.0. The van der Waals surface area contributed by atoms with E-state index in [-0.39, 0.29) is 10.8 Å². The zero-order valence-corrected chi connectivity index (χ0v) is 12.2. The molecule has 0 N–H and O–H groups in total. The minimum atomic E-state index is -3.93. The summed E-state index contributed by atoms with van der Waals surface area (Å²) < 4.78 is 28.5. The van der Waals surface area contributed by atoms with Crippen molar-refractivity contribution in [2.24, 2.45) is 0 Å². The number of benzene rings is 1. The summed E-state index contributed by atoms with van der Waals surface area (Å²) in [6.07, 6.45) is 3.10. The molecule has 0 saturated carbocycles. The summed E-state index contributed by atoms with van der Waals surface area (Å²) in [4.78, 5) is 7.95. The van der Waals surface area contributed by atoms with Gasteiger partial charge in [-0.1, -0.05) is 6.07 Å². The van der Waals surface area contributed by atoms with E-state index in [9.17, 15) is 8.42 Å². The van der Waals surface area contributed by atoms with Gasteiger partial charge in [0.25, 0.3) is 9.05 Å². The predicted molar refractivity (Wildman–Crippen MR) is 79.1 cm³/mol. The summed E-state index contributed by atoms with van der Waals surface area (Å²) in [6, 6.07) is 11.8. The molecule has 0 saturated heterocycles. The molecule has 0 aliphatic carbocycles. The van der Waals surface area contributed by atoms with Crippen LogP contribution in [-0.4, -0.2) is 18.4 Å². The zero-order valence-electron chi connectivity index (χ0n) is 10.6. The fraction of sp³-hybridized carbons (Fsp3) is 0. The van der Waals surface area contributed by atoms with Gasteiger partial charge < -0.3 is 4.74 Å². The van der Waals surface area contributed by atoms with E-state index < -0.39 is 9.05 Å². The third-order valence-corrected chi connectivity index (χ3v) is 4.13. The highest BCUT2D eigenvalue weighted by molar-refractivity contribution is 8.13. The van der Waals surface area contributed by atoms with Crippen LogP contribution in [0.25, 0.3) is 10.9 Å². The van der Waals surface area contributed by atoms with Crippen molar-refractivity contribution in [2.45, 2.75) is 4.90 Å². The Balaban J connectivity index is 2.03. The van der Waals surface area contributed by atoms with Crippen LogP contribution in [-0.2, 0) is 9.05 Å². The first-order valence-corrected chi connectivity index (χ1v) is 8.27. The Bertz CT molecular complexity index is 913. The second-order valence-corrected chi connectivity index (χ2v) is 6.74. The number of ether oxygens (including phenoxy) is 1. The lowest BCUT2D eigenvalue weighted by atomic mass is 10.2. The summed E-state index contributed by atoms with van der Waals surface area (Å²) in [5, 5.41) is 0.955. The van der Waals surface area contributed by atoms with Gasteiger partial charge in [0.1, 0.15) is 10.6 Å². The number of hydrogen-bond acceptors (Lipinski definition) is 5. The van der Waals surface area contributed by atoms with Crippen molar-refractivity contribution in [1.82, 2.24) is 9.97 Å². The number of fused-ring (bicyclic) bond motifs is 1. The smallest absolute Gasteiger partial charge is 0.266 e. The van der Waals surface area contributed by atoms with Crippen LogP contribution in [0.4, 0.5) is 0 Å². The Morgan fingerprint density at radius 1 is 1.00 bits per heavy atom. The highest BCUT2D eigenvalue weighted by Crippen LogP contribution is 2.29. The Kier molecular flexibility index (Phi) is 3.48. The molecule has 0 atom stereocenters. The van der Waals surface area contributed by atoms with E-state index in [1.54, 1.807) is 18.3 Å². The molecule has 7 heteroatoms. The van der Waals surface area contributed by atoms with E-state index >= 15 is 0 Å². The number of nitrogens with zero attached hydrogens (tertiary/aromatic N) is 2. The molecule has 0 aliphatic heterocycles. The lowest BCUT2D eigenvalue weighted by Gasteiger charge is -2.08. The molecule has 2 aromatic heterocycles. The molecule has 0 bridgehead atoms. The standard InChI is InChI=1S/C14H9ClN2O3S/c15-21(18,19)13-4-2-8-17-14(13)20-11-6-5-10-3-1-7-16-12(10)9-11/h1-9H. The van der Waals surface area contributed by atoms with Crippen LogP contribution in [0.2, 0.25) is 0 Å². The number of rotatable bonds is 3. The normalized spacial score (nSPS) is 11.5. The average molecular weight is 321 g/mol. The van der Waals surface area contributed by atoms with Crippen LogP contribution in [0.5, 0.6) is 11.6 Å². The largest absolute Gasteiger partial charge is 0.438 e. The van der Waals surface area contributed by atoms with Crippen LogP contribution < -0.4 is 4.74 Å². The number of hydrogen-bond donors (Lipinski definition) is 0. The van der Waals surface area contributed by atoms with Gasteiger partial charge in [-0.05, 0) is 30.3 Å². The molecule has 21 heavy (non-hydrogen) atoms. The molecule has 5 nitrogen and oxygen atoms in total. The van der Waals surface area contributed by atoms with Gasteiger partial charge in [-0.25, -0.2) is 13.4 Å². The monoisotopic (exact) mass is 320 g/mol. The van der Waals surface area contributed by atoms with Crippen LogP contribution in [0.3, 0.4) is 0 Å². The summed E-state index contributed by atoms with van der Waals surface area (Å²) in [7, 11) is 1.44. The molecule has 1 aromatic carbocycles. The second kappa shape index (κ2) is 5.31. The van der Waals surface area contributed by atoms with Gasteiger partial charge in [0, 0.05) is 34.5 Å². The molecule has 0 fully saturated rings. The summed E-state index contributed by atoms with van der Waals surface area (Å²) in [5.41, 5.74) is 0.737. The highest BCUT2D eigenvalue weighted by atomic mass is 35.7. The predicted octanol–water partition coefficient (Wildman–Crippen LogP) is 3.35. The van der Waals surface area contributed by atoms with Gasteiger partial charge in [0.05, 0.1) is 5.52 Å². The van der Waals surface area contributed by atoms with Gasteiger partial charge >= 0.3 is 0 Å². The van der Waals surface area contributed by atoms with Crippen molar-refractivity contribution in [2.75, 3.05) is 0 Å². The van der Waals surface area contributed by atoms with Crippen LogP contribution in [0.15, 0.2) is 59.8 Å².